The Hall–Kier alpha value is -1.12. The maximum Gasteiger partial charge on any atom is 0.129 e. The molecular weight excluding hydrogens is 232 g/mol. The molecule has 0 bridgehead atoms. The third-order valence-corrected chi connectivity index (χ3v) is 3.53. The van der Waals surface area contributed by atoms with E-state index in [0.717, 1.165) is 12.1 Å². The van der Waals surface area contributed by atoms with Crippen LogP contribution in [0.3, 0.4) is 0 Å². The summed E-state index contributed by atoms with van der Waals surface area (Å²) in [6.45, 7) is 3.52. The lowest BCUT2D eigenvalue weighted by Crippen LogP contribution is -2.18. The molecule has 0 radical (unpaired) electrons. The summed E-state index contributed by atoms with van der Waals surface area (Å²) in [5.74, 6) is 0. The second kappa shape index (κ2) is 4.63. The molecule has 0 atom stereocenters. The zero-order valence-electron chi connectivity index (χ0n) is 9.69. The van der Waals surface area contributed by atoms with Gasteiger partial charge in [-0.25, -0.2) is 4.98 Å². The van der Waals surface area contributed by atoms with E-state index < -0.39 is 0 Å². The van der Waals surface area contributed by atoms with Crippen LogP contribution in [0.1, 0.15) is 18.4 Å². The van der Waals surface area contributed by atoms with Crippen molar-refractivity contribution >= 4 is 22.5 Å². The van der Waals surface area contributed by atoms with E-state index in [1.165, 1.54) is 36.9 Å². The highest BCUT2D eigenvalue weighted by Crippen LogP contribution is 2.19. The topological polar surface area (TPSA) is 16.1 Å². The zero-order valence-corrected chi connectivity index (χ0v) is 10.5. The first-order chi connectivity index (χ1) is 8.31. The van der Waals surface area contributed by atoms with Gasteiger partial charge < -0.3 is 0 Å². The molecule has 1 aromatic carbocycles. The van der Waals surface area contributed by atoms with Crippen molar-refractivity contribution in [3.05, 3.63) is 41.0 Å². The summed E-state index contributed by atoms with van der Waals surface area (Å²) in [5, 5.41) is 1.73. The minimum absolute atomic E-state index is 0.560. The first-order valence-electron chi connectivity index (χ1n) is 6.09. The molecule has 0 N–H and O–H groups in total. The first-order valence-corrected chi connectivity index (χ1v) is 6.47. The molecule has 0 saturated carbocycles. The van der Waals surface area contributed by atoms with Crippen molar-refractivity contribution in [3.63, 3.8) is 0 Å². The first kappa shape index (κ1) is 11.0. The smallest absolute Gasteiger partial charge is 0.129 e. The molecule has 2 nitrogen and oxygen atoms in total. The highest BCUT2D eigenvalue weighted by atomic mass is 35.5. The Labute approximate surface area is 106 Å². The van der Waals surface area contributed by atoms with Gasteiger partial charge in [0.25, 0.3) is 0 Å². The van der Waals surface area contributed by atoms with Crippen LogP contribution in [-0.2, 0) is 6.54 Å². The Balaban J connectivity index is 1.88. The van der Waals surface area contributed by atoms with E-state index in [4.69, 9.17) is 11.6 Å². The lowest BCUT2D eigenvalue weighted by molar-refractivity contribution is 0.331. The number of fused-ring (bicyclic) bond motifs is 1. The van der Waals surface area contributed by atoms with Crippen molar-refractivity contribution in [3.8, 4) is 0 Å². The predicted molar refractivity (Wildman–Crippen MR) is 71.3 cm³/mol. The standard InChI is InChI=1S/C14H15ClN2/c15-14-6-4-12-9-11(3-5-13(12)16-14)10-17-7-1-2-8-17/h3-6,9H,1-2,7-8,10H2. The van der Waals surface area contributed by atoms with Crippen molar-refractivity contribution < 1.29 is 0 Å². The fourth-order valence-corrected chi connectivity index (χ4v) is 2.60. The highest BCUT2D eigenvalue weighted by molar-refractivity contribution is 6.29. The normalized spacial score (nSPS) is 16.8. The molecule has 0 amide bonds. The highest BCUT2D eigenvalue weighted by Gasteiger charge is 2.11. The third-order valence-electron chi connectivity index (χ3n) is 3.32. The molecule has 1 aliphatic rings. The quantitative estimate of drug-likeness (QED) is 0.755. The Bertz CT molecular complexity index is 533. The molecule has 1 aromatic heterocycles. The van der Waals surface area contributed by atoms with Gasteiger partial charge in [0.2, 0.25) is 0 Å². The third kappa shape index (κ3) is 2.43. The van der Waals surface area contributed by atoms with Gasteiger partial charge in [-0.05, 0) is 55.8 Å². The number of likely N-dealkylation sites (tertiary alicyclic amines) is 1. The molecule has 1 saturated heterocycles. The maximum atomic E-state index is 5.88. The summed E-state index contributed by atoms with van der Waals surface area (Å²) in [4.78, 5) is 6.80. The minimum Gasteiger partial charge on any atom is -0.299 e. The van der Waals surface area contributed by atoms with Crippen LogP contribution in [0.2, 0.25) is 5.15 Å². The van der Waals surface area contributed by atoms with Gasteiger partial charge in [-0.15, -0.1) is 0 Å². The van der Waals surface area contributed by atoms with E-state index in [1.54, 1.807) is 0 Å². The van der Waals surface area contributed by atoms with Crippen LogP contribution in [0.15, 0.2) is 30.3 Å². The van der Waals surface area contributed by atoms with Crippen molar-refractivity contribution in [2.24, 2.45) is 0 Å². The van der Waals surface area contributed by atoms with Gasteiger partial charge in [-0.1, -0.05) is 17.7 Å². The Morgan fingerprint density at radius 2 is 1.94 bits per heavy atom. The van der Waals surface area contributed by atoms with E-state index in [1.807, 2.05) is 12.1 Å². The van der Waals surface area contributed by atoms with Gasteiger partial charge in [0.05, 0.1) is 5.52 Å². The Morgan fingerprint density at radius 1 is 1.12 bits per heavy atom. The number of aromatic nitrogens is 1. The molecule has 0 aliphatic carbocycles. The monoisotopic (exact) mass is 246 g/mol. The van der Waals surface area contributed by atoms with Gasteiger partial charge in [-0.3, -0.25) is 4.90 Å². The van der Waals surface area contributed by atoms with Gasteiger partial charge >= 0.3 is 0 Å². The summed E-state index contributed by atoms with van der Waals surface area (Å²) in [5.41, 5.74) is 2.34. The van der Waals surface area contributed by atoms with Crippen LogP contribution in [0.5, 0.6) is 0 Å². The molecule has 0 spiro atoms. The maximum absolute atomic E-state index is 5.88. The summed E-state index contributed by atoms with van der Waals surface area (Å²) < 4.78 is 0. The molecule has 3 heteroatoms. The number of rotatable bonds is 2. The van der Waals surface area contributed by atoms with Gasteiger partial charge in [0.1, 0.15) is 5.15 Å². The number of pyridine rings is 1. The molecule has 88 valence electrons. The number of hydrogen-bond donors (Lipinski definition) is 0. The Morgan fingerprint density at radius 3 is 2.76 bits per heavy atom. The summed E-state index contributed by atoms with van der Waals surface area (Å²) >= 11 is 5.88. The van der Waals surface area contributed by atoms with Crippen molar-refractivity contribution in [2.75, 3.05) is 13.1 Å². The number of nitrogens with zero attached hydrogens (tertiary/aromatic N) is 2. The molecule has 0 unspecified atom stereocenters. The number of benzene rings is 1. The van der Waals surface area contributed by atoms with Crippen LogP contribution >= 0.6 is 11.6 Å². The van der Waals surface area contributed by atoms with Crippen LogP contribution in [0.25, 0.3) is 10.9 Å². The molecule has 1 fully saturated rings. The molecule has 17 heavy (non-hydrogen) atoms. The molecule has 3 rings (SSSR count). The number of halogens is 1. The summed E-state index contributed by atoms with van der Waals surface area (Å²) in [6.07, 6.45) is 2.68. The van der Waals surface area contributed by atoms with Crippen molar-refractivity contribution in [1.29, 1.82) is 0 Å². The van der Waals surface area contributed by atoms with E-state index >= 15 is 0 Å². The largest absolute Gasteiger partial charge is 0.299 e. The second-order valence-electron chi connectivity index (χ2n) is 4.64. The predicted octanol–water partition coefficient (Wildman–Crippen LogP) is 3.48. The van der Waals surface area contributed by atoms with Gasteiger partial charge in [0, 0.05) is 11.9 Å². The van der Waals surface area contributed by atoms with Crippen LogP contribution in [0, 0.1) is 0 Å². The molecular formula is C14H15ClN2. The van der Waals surface area contributed by atoms with E-state index in [0.29, 0.717) is 5.15 Å². The summed E-state index contributed by atoms with van der Waals surface area (Å²) in [6, 6.07) is 10.3. The minimum atomic E-state index is 0.560. The van der Waals surface area contributed by atoms with E-state index in [9.17, 15) is 0 Å². The van der Waals surface area contributed by atoms with Crippen molar-refractivity contribution in [1.82, 2.24) is 9.88 Å². The fourth-order valence-electron chi connectivity index (χ4n) is 2.45. The molecule has 2 heterocycles. The van der Waals surface area contributed by atoms with E-state index in [-0.39, 0.29) is 0 Å². The number of hydrogen-bond acceptors (Lipinski definition) is 2. The lowest BCUT2D eigenvalue weighted by atomic mass is 10.1. The molecule has 1 aliphatic heterocycles. The average molecular weight is 247 g/mol. The average Bonchev–Trinajstić information content (AvgIpc) is 2.82. The van der Waals surface area contributed by atoms with Gasteiger partial charge in [0.15, 0.2) is 0 Å². The van der Waals surface area contributed by atoms with Crippen LogP contribution in [-0.4, -0.2) is 23.0 Å². The van der Waals surface area contributed by atoms with Crippen LogP contribution < -0.4 is 0 Å². The lowest BCUT2D eigenvalue weighted by Gasteiger charge is -2.14. The van der Waals surface area contributed by atoms with Gasteiger partial charge in [-0.2, -0.15) is 0 Å². The fraction of sp³-hybridized carbons (Fsp3) is 0.357. The SMILES string of the molecule is Clc1ccc2cc(CN3CCCC3)ccc2n1. The zero-order chi connectivity index (χ0) is 11.7. The second-order valence-corrected chi connectivity index (χ2v) is 5.03. The van der Waals surface area contributed by atoms with E-state index in [2.05, 4.69) is 28.1 Å². The van der Waals surface area contributed by atoms with Crippen molar-refractivity contribution in [2.45, 2.75) is 19.4 Å². The Kier molecular flexibility index (Phi) is 3.00. The summed E-state index contributed by atoms with van der Waals surface area (Å²) in [7, 11) is 0. The molecule has 2 aromatic rings. The van der Waals surface area contributed by atoms with Crippen LogP contribution in [0.4, 0.5) is 0 Å².